The fourth-order valence-corrected chi connectivity index (χ4v) is 1.11. The molecule has 0 aromatic rings. The molecule has 1 heterocycles. The van der Waals surface area contributed by atoms with E-state index in [0.717, 1.165) is 13.0 Å². The van der Waals surface area contributed by atoms with Crippen LogP contribution in [-0.4, -0.2) is 26.3 Å². The summed E-state index contributed by atoms with van der Waals surface area (Å²) in [6.07, 6.45) is 0.883. The van der Waals surface area contributed by atoms with Crippen LogP contribution >= 0.6 is 0 Å². The Hall–Kier alpha value is -0.830. The standard InChI is InChI=1S/C8H12O3/c1-6(8(9)10-2)7-3-4-11-5-7/h7H,1,3-5H2,2H3. The van der Waals surface area contributed by atoms with E-state index in [2.05, 4.69) is 11.3 Å². The van der Waals surface area contributed by atoms with Gasteiger partial charge < -0.3 is 9.47 Å². The first kappa shape index (κ1) is 8.27. The molecule has 0 radical (unpaired) electrons. The highest BCUT2D eigenvalue weighted by Crippen LogP contribution is 2.20. The molecule has 0 N–H and O–H groups in total. The molecule has 62 valence electrons. The summed E-state index contributed by atoms with van der Waals surface area (Å²) in [5.74, 6) is -0.150. The van der Waals surface area contributed by atoms with Gasteiger partial charge in [0.25, 0.3) is 0 Å². The highest BCUT2D eigenvalue weighted by atomic mass is 16.5. The van der Waals surface area contributed by atoms with Crippen LogP contribution in [0.5, 0.6) is 0 Å². The van der Waals surface area contributed by atoms with Gasteiger partial charge in [-0.2, -0.15) is 0 Å². The third kappa shape index (κ3) is 1.80. The van der Waals surface area contributed by atoms with Crippen molar-refractivity contribution in [1.29, 1.82) is 0 Å². The molecule has 1 unspecified atom stereocenters. The Kier molecular flexibility index (Phi) is 2.65. The monoisotopic (exact) mass is 156 g/mol. The molecule has 0 aliphatic carbocycles. The van der Waals surface area contributed by atoms with Crippen LogP contribution in [0.4, 0.5) is 0 Å². The van der Waals surface area contributed by atoms with Crippen molar-refractivity contribution < 1.29 is 14.3 Å². The highest BCUT2D eigenvalue weighted by Gasteiger charge is 2.23. The first-order valence-corrected chi connectivity index (χ1v) is 3.60. The number of esters is 1. The summed E-state index contributed by atoms with van der Waals surface area (Å²) in [5, 5.41) is 0. The minimum atomic E-state index is -0.319. The molecule has 1 atom stereocenters. The van der Waals surface area contributed by atoms with Gasteiger partial charge in [-0.15, -0.1) is 0 Å². The van der Waals surface area contributed by atoms with Crippen LogP contribution in [0, 0.1) is 5.92 Å². The zero-order valence-corrected chi connectivity index (χ0v) is 6.63. The van der Waals surface area contributed by atoms with Gasteiger partial charge >= 0.3 is 5.97 Å². The number of hydrogen-bond acceptors (Lipinski definition) is 3. The molecule has 0 bridgehead atoms. The van der Waals surface area contributed by atoms with E-state index in [1.165, 1.54) is 7.11 Å². The zero-order chi connectivity index (χ0) is 8.27. The molecule has 1 saturated heterocycles. The first-order valence-electron chi connectivity index (χ1n) is 3.60. The quantitative estimate of drug-likeness (QED) is 0.437. The average Bonchev–Trinajstić information content (AvgIpc) is 2.53. The van der Waals surface area contributed by atoms with Gasteiger partial charge in [-0.3, -0.25) is 0 Å². The molecule has 1 rings (SSSR count). The maximum Gasteiger partial charge on any atom is 0.333 e. The smallest absolute Gasteiger partial charge is 0.333 e. The number of hydrogen-bond donors (Lipinski definition) is 0. The number of carbonyl (C=O) groups excluding carboxylic acids is 1. The minimum absolute atomic E-state index is 0.169. The van der Waals surface area contributed by atoms with Crippen molar-refractivity contribution in [2.45, 2.75) is 6.42 Å². The lowest BCUT2D eigenvalue weighted by Gasteiger charge is -2.07. The Balaban J connectivity index is 2.46. The van der Waals surface area contributed by atoms with E-state index in [1.807, 2.05) is 0 Å². The van der Waals surface area contributed by atoms with Crippen molar-refractivity contribution in [1.82, 2.24) is 0 Å². The molecule has 0 spiro atoms. The summed E-state index contributed by atoms with van der Waals surface area (Å²) in [6.45, 7) is 4.98. The van der Waals surface area contributed by atoms with Crippen LogP contribution in [0.15, 0.2) is 12.2 Å². The van der Waals surface area contributed by atoms with Gasteiger partial charge in [0, 0.05) is 18.1 Å². The van der Waals surface area contributed by atoms with Crippen LogP contribution < -0.4 is 0 Å². The number of rotatable bonds is 2. The number of ether oxygens (including phenoxy) is 2. The van der Waals surface area contributed by atoms with Gasteiger partial charge in [0.05, 0.1) is 13.7 Å². The molecule has 0 aromatic heterocycles. The molecule has 3 nitrogen and oxygen atoms in total. The number of carbonyl (C=O) groups is 1. The second-order valence-electron chi connectivity index (χ2n) is 2.58. The van der Waals surface area contributed by atoms with Crippen molar-refractivity contribution in [2.75, 3.05) is 20.3 Å². The van der Waals surface area contributed by atoms with Gasteiger partial charge in [0.2, 0.25) is 0 Å². The lowest BCUT2D eigenvalue weighted by atomic mass is 10.0. The molecule has 3 heteroatoms. The van der Waals surface area contributed by atoms with Crippen molar-refractivity contribution in [3.05, 3.63) is 12.2 Å². The SMILES string of the molecule is C=C(C(=O)OC)C1CCOC1. The van der Waals surface area contributed by atoms with Gasteiger partial charge in [-0.05, 0) is 6.42 Å². The summed E-state index contributed by atoms with van der Waals surface area (Å²) >= 11 is 0. The average molecular weight is 156 g/mol. The Bertz CT molecular complexity index is 168. The van der Waals surface area contributed by atoms with E-state index < -0.39 is 0 Å². The lowest BCUT2D eigenvalue weighted by Crippen LogP contribution is -2.13. The summed E-state index contributed by atoms with van der Waals surface area (Å²) in [6, 6.07) is 0. The first-order chi connectivity index (χ1) is 5.25. The molecule has 1 fully saturated rings. The topological polar surface area (TPSA) is 35.5 Å². The normalized spacial score (nSPS) is 23.2. The fourth-order valence-electron chi connectivity index (χ4n) is 1.11. The third-order valence-corrected chi connectivity index (χ3v) is 1.87. The summed E-state index contributed by atoms with van der Waals surface area (Å²) in [7, 11) is 1.36. The number of methoxy groups -OCH3 is 1. The predicted octanol–water partition coefficient (Wildman–Crippen LogP) is 0.752. The predicted molar refractivity (Wildman–Crippen MR) is 40.1 cm³/mol. The Labute approximate surface area is 66.0 Å². The van der Waals surface area contributed by atoms with Crippen molar-refractivity contribution in [3.8, 4) is 0 Å². The fraction of sp³-hybridized carbons (Fsp3) is 0.625. The maximum absolute atomic E-state index is 10.9. The van der Waals surface area contributed by atoms with E-state index in [9.17, 15) is 4.79 Å². The van der Waals surface area contributed by atoms with Gasteiger partial charge in [0.15, 0.2) is 0 Å². The molecule has 0 aromatic carbocycles. The highest BCUT2D eigenvalue weighted by molar-refractivity contribution is 5.88. The third-order valence-electron chi connectivity index (χ3n) is 1.87. The van der Waals surface area contributed by atoms with E-state index in [-0.39, 0.29) is 11.9 Å². The Morgan fingerprint density at radius 1 is 1.73 bits per heavy atom. The molecule has 0 saturated carbocycles. The van der Waals surface area contributed by atoms with Crippen molar-refractivity contribution in [2.24, 2.45) is 5.92 Å². The van der Waals surface area contributed by atoms with Gasteiger partial charge in [0.1, 0.15) is 0 Å². The minimum Gasteiger partial charge on any atom is -0.466 e. The zero-order valence-electron chi connectivity index (χ0n) is 6.63. The summed E-state index contributed by atoms with van der Waals surface area (Å²) < 4.78 is 9.63. The van der Waals surface area contributed by atoms with E-state index in [0.29, 0.717) is 12.2 Å². The maximum atomic E-state index is 10.9. The van der Waals surface area contributed by atoms with Crippen LogP contribution in [0.2, 0.25) is 0 Å². The molecular weight excluding hydrogens is 144 g/mol. The second kappa shape index (κ2) is 3.53. The van der Waals surface area contributed by atoms with Crippen molar-refractivity contribution in [3.63, 3.8) is 0 Å². The van der Waals surface area contributed by atoms with E-state index >= 15 is 0 Å². The molecule has 1 aliphatic heterocycles. The largest absolute Gasteiger partial charge is 0.466 e. The molecular formula is C8H12O3. The Morgan fingerprint density at radius 3 is 2.91 bits per heavy atom. The molecule has 0 amide bonds. The second-order valence-corrected chi connectivity index (χ2v) is 2.58. The Morgan fingerprint density at radius 2 is 2.45 bits per heavy atom. The van der Waals surface area contributed by atoms with Crippen LogP contribution in [0.1, 0.15) is 6.42 Å². The van der Waals surface area contributed by atoms with E-state index in [1.54, 1.807) is 0 Å². The van der Waals surface area contributed by atoms with Gasteiger partial charge in [-0.1, -0.05) is 6.58 Å². The lowest BCUT2D eigenvalue weighted by molar-refractivity contribution is -0.136. The van der Waals surface area contributed by atoms with Crippen LogP contribution in [0.3, 0.4) is 0 Å². The van der Waals surface area contributed by atoms with Gasteiger partial charge in [-0.25, -0.2) is 4.79 Å². The summed E-state index contributed by atoms with van der Waals surface area (Å²) in [4.78, 5) is 10.9. The van der Waals surface area contributed by atoms with Crippen LogP contribution in [0.25, 0.3) is 0 Å². The van der Waals surface area contributed by atoms with Crippen molar-refractivity contribution >= 4 is 5.97 Å². The molecule has 11 heavy (non-hydrogen) atoms. The van der Waals surface area contributed by atoms with Crippen LogP contribution in [-0.2, 0) is 14.3 Å². The van der Waals surface area contributed by atoms with E-state index in [4.69, 9.17) is 4.74 Å². The summed E-state index contributed by atoms with van der Waals surface area (Å²) in [5.41, 5.74) is 0.532. The molecule has 1 aliphatic rings.